The number of carbonyl (C=O) groups is 2. The summed E-state index contributed by atoms with van der Waals surface area (Å²) in [7, 11) is 0. The summed E-state index contributed by atoms with van der Waals surface area (Å²) in [4.78, 5) is 30.6. The maximum absolute atomic E-state index is 11.2. The van der Waals surface area contributed by atoms with Gasteiger partial charge in [0.05, 0.1) is 12.1 Å². The Bertz CT molecular complexity index is 1450. The van der Waals surface area contributed by atoms with E-state index in [4.69, 9.17) is 15.1 Å². The second kappa shape index (κ2) is 20.1. The van der Waals surface area contributed by atoms with Crippen LogP contribution in [0.4, 0.5) is 0 Å². The Morgan fingerprint density at radius 2 is 0.981 bits per heavy atom. The molecule has 1 fully saturated rings. The van der Waals surface area contributed by atoms with E-state index >= 15 is 0 Å². The van der Waals surface area contributed by atoms with E-state index < -0.39 is 5.97 Å². The molecule has 0 aromatic heterocycles. The molecule has 0 spiro atoms. The Morgan fingerprint density at radius 1 is 0.623 bits per heavy atom. The third kappa shape index (κ3) is 15.7. The maximum atomic E-state index is 11.2. The number of hydrogen-bond acceptors (Lipinski definition) is 6. The van der Waals surface area contributed by atoms with Crippen molar-refractivity contribution in [1.82, 2.24) is 0 Å². The molecule has 2 unspecified atom stereocenters. The summed E-state index contributed by atoms with van der Waals surface area (Å²) in [6.45, 7) is 27.6. The van der Waals surface area contributed by atoms with Crippen LogP contribution >= 0.6 is 0 Å². The molecule has 3 rings (SSSR count). The van der Waals surface area contributed by atoms with Gasteiger partial charge >= 0.3 is 5.97 Å². The third-order valence-electron chi connectivity index (χ3n) is 9.80. The molecule has 2 aromatic rings. The number of aromatic hydroxyl groups is 2. The first kappa shape index (κ1) is 48.0. The molecule has 0 aliphatic heterocycles. The zero-order chi connectivity index (χ0) is 39.7. The van der Waals surface area contributed by atoms with Gasteiger partial charge in [-0.2, -0.15) is 0 Å². The van der Waals surface area contributed by atoms with Gasteiger partial charge < -0.3 is 20.1 Å². The number of phenols is 2. The molecular formula is C45H70CoN2O5. The molecule has 53 heavy (non-hydrogen) atoms. The monoisotopic (exact) mass is 777 g/mol. The van der Waals surface area contributed by atoms with E-state index in [2.05, 4.69) is 107 Å². The number of Topliss-reactive ketones (excluding diaryl/α,β-unsaturated/α-hetero) is 1. The van der Waals surface area contributed by atoms with E-state index in [0.29, 0.717) is 17.9 Å². The summed E-state index contributed by atoms with van der Waals surface area (Å²) in [5, 5.41) is 30.8. The largest absolute Gasteiger partial charge is 0.507 e. The fourth-order valence-corrected chi connectivity index (χ4v) is 6.32. The predicted molar refractivity (Wildman–Crippen MR) is 218 cm³/mol. The van der Waals surface area contributed by atoms with Crippen LogP contribution in [-0.2, 0) is 48.0 Å². The van der Waals surface area contributed by atoms with Crippen molar-refractivity contribution in [3.05, 3.63) is 57.6 Å². The van der Waals surface area contributed by atoms with Crippen LogP contribution in [-0.4, -0.2) is 51.6 Å². The minimum atomic E-state index is -0.735. The van der Waals surface area contributed by atoms with Crippen LogP contribution in [0.25, 0.3) is 0 Å². The Morgan fingerprint density at radius 3 is 1.28 bits per heavy atom. The van der Waals surface area contributed by atoms with Gasteiger partial charge in [0.15, 0.2) is 0 Å². The molecule has 8 heteroatoms. The average Bonchev–Trinajstić information content (AvgIpc) is 3.00. The number of hydrogen-bond donors (Lipinski definition) is 3. The number of ketones is 1. The van der Waals surface area contributed by atoms with Gasteiger partial charge in [-0.1, -0.05) is 121 Å². The second-order valence-corrected chi connectivity index (χ2v) is 18.9. The van der Waals surface area contributed by atoms with Crippen LogP contribution < -0.4 is 0 Å². The zero-order valence-electron chi connectivity index (χ0n) is 35.1. The zero-order valence-corrected chi connectivity index (χ0v) is 36.1. The summed E-state index contributed by atoms with van der Waals surface area (Å²) in [6.07, 6.45) is 12.3. The van der Waals surface area contributed by atoms with E-state index in [9.17, 15) is 19.8 Å². The molecule has 0 saturated heterocycles. The van der Waals surface area contributed by atoms with Gasteiger partial charge in [-0.25, -0.2) is 0 Å². The van der Waals surface area contributed by atoms with Gasteiger partial charge in [0.2, 0.25) is 0 Å². The summed E-state index contributed by atoms with van der Waals surface area (Å²) in [5.41, 5.74) is 5.39. The maximum Gasteiger partial charge on any atom is 0.303 e. The molecule has 299 valence electrons. The number of nitrogens with zero attached hydrogens (tertiary/aromatic N) is 2. The fourth-order valence-electron chi connectivity index (χ4n) is 6.32. The SMILES string of the molecule is CC(=O)CCCCCCC(=O)O.CC(C)(C)c1cc(C=NC2CCCCC2N=Cc2cc(C(C)(C)C)cc(C(C)(C)C)c2O)c(O)c(C(C)(C)C)c1.[Co]. The number of phenolic OH excluding ortho intramolecular Hbond substituents is 2. The molecule has 0 heterocycles. The fraction of sp³-hybridized carbons (Fsp3) is 0.644. The topological polar surface area (TPSA) is 120 Å². The summed E-state index contributed by atoms with van der Waals surface area (Å²) in [5.74, 6) is 0.118. The Kier molecular flexibility index (Phi) is 18.2. The third-order valence-corrected chi connectivity index (χ3v) is 9.80. The number of rotatable bonds is 11. The van der Waals surface area contributed by atoms with Crippen LogP contribution in [0, 0.1) is 0 Å². The second-order valence-electron chi connectivity index (χ2n) is 18.9. The number of benzene rings is 2. The molecule has 0 amide bonds. The van der Waals surface area contributed by atoms with Crippen molar-refractivity contribution >= 4 is 24.2 Å². The number of unbranched alkanes of at least 4 members (excludes halogenated alkanes) is 3. The van der Waals surface area contributed by atoms with E-state index in [1.54, 1.807) is 6.92 Å². The molecule has 1 radical (unpaired) electrons. The number of aliphatic imine (C=N–C) groups is 2. The Hall–Kier alpha value is -2.97. The molecule has 1 aliphatic carbocycles. The minimum absolute atomic E-state index is 0. The van der Waals surface area contributed by atoms with Gasteiger partial charge in [-0.3, -0.25) is 14.8 Å². The van der Waals surface area contributed by atoms with Crippen LogP contribution in [0.3, 0.4) is 0 Å². The van der Waals surface area contributed by atoms with Gasteiger partial charge in [-0.05, 0) is 77.5 Å². The number of aliphatic carboxylic acids is 1. The molecule has 7 nitrogen and oxygen atoms in total. The van der Waals surface area contributed by atoms with Crippen LogP contribution in [0.1, 0.15) is 188 Å². The number of carbonyl (C=O) groups excluding carboxylic acids is 1. The van der Waals surface area contributed by atoms with Gasteiger partial charge in [-0.15, -0.1) is 0 Å². The molecule has 2 aromatic carbocycles. The predicted octanol–water partition coefficient (Wildman–Crippen LogP) is 11.1. The van der Waals surface area contributed by atoms with Crippen LogP contribution in [0.15, 0.2) is 34.3 Å². The minimum Gasteiger partial charge on any atom is -0.507 e. The van der Waals surface area contributed by atoms with Crippen molar-refractivity contribution in [3.63, 3.8) is 0 Å². The van der Waals surface area contributed by atoms with Crippen molar-refractivity contribution in [2.24, 2.45) is 9.98 Å². The van der Waals surface area contributed by atoms with Crippen molar-refractivity contribution in [2.45, 2.75) is 188 Å². The van der Waals surface area contributed by atoms with Crippen LogP contribution in [0.5, 0.6) is 11.5 Å². The Labute approximate surface area is 331 Å². The van der Waals surface area contributed by atoms with Crippen molar-refractivity contribution in [2.75, 3.05) is 0 Å². The van der Waals surface area contributed by atoms with E-state index in [1.165, 1.54) is 11.1 Å². The first-order valence-electron chi connectivity index (χ1n) is 19.4. The van der Waals surface area contributed by atoms with Gasteiger partial charge in [0.25, 0.3) is 0 Å². The normalized spacial score (nSPS) is 17.0. The first-order valence-corrected chi connectivity index (χ1v) is 19.4. The van der Waals surface area contributed by atoms with Crippen molar-refractivity contribution in [3.8, 4) is 11.5 Å². The Balaban J connectivity index is 0.000000927. The molecule has 3 N–H and O–H groups in total. The van der Waals surface area contributed by atoms with Crippen LogP contribution in [0.2, 0.25) is 0 Å². The van der Waals surface area contributed by atoms with E-state index in [-0.39, 0.29) is 62.7 Å². The van der Waals surface area contributed by atoms with E-state index in [0.717, 1.165) is 73.6 Å². The summed E-state index contributed by atoms with van der Waals surface area (Å²) in [6, 6.07) is 8.53. The van der Waals surface area contributed by atoms with E-state index in [1.807, 2.05) is 12.4 Å². The molecule has 0 bridgehead atoms. The van der Waals surface area contributed by atoms with Gasteiger partial charge in [0.1, 0.15) is 17.3 Å². The molecule has 1 saturated carbocycles. The summed E-state index contributed by atoms with van der Waals surface area (Å²) >= 11 is 0. The smallest absolute Gasteiger partial charge is 0.303 e. The van der Waals surface area contributed by atoms with Crippen molar-refractivity contribution in [1.29, 1.82) is 0 Å². The quantitative estimate of drug-likeness (QED) is 0.155. The van der Waals surface area contributed by atoms with Crippen molar-refractivity contribution < 1.29 is 41.7 Å². The molecule has 2 atom stereocenters. The number of carboxylic acid groups (broad SMARTS) is 1. The van der Waals surface area contributed by atoms with Gasteiger partial charge in [0, 0.05) is 64.3 Å². The molecular weight excluding hydrogens is 707 g/mol. The molecule has 1 aliphatic rings. The standard InChI is InChI=1S/C36H54N2O2.C9H16O3.Co/c1-33(2,3)25-17-23(31(39)27(19-25)35(7,8)9)21-37-29-15-13-14-16-30(29)38-22-24-18-26(34(4,5)6)20-28(32(24)40)36(10,11)12;1-8(10)6-4-2-3-5-7-9(11)12;/h17-22,29-30,39-40H,13-16H2,1-12H3;2-7H2,1H3,(H,11,12);. The first-order chi connectivity index (χ1) is 23.8. The summed E-state index contributed by atoms with van der Waals surface area (Å²) < 4.78 is 0. The number of carboxylic acids is 1. The average molecular weight is 778 g/mol.